The van der Waals surface area contributed by atoms with Gasteiger partial charge >= 0.3 is 6.03 Å². The number of nitrogens with zero attached hydrogens (tertiary/aromatic N) is 2. The number of nitrogens with one attached hydrogen (secondary N) is 1. The van der Waals surface area contributed by atoms with E-state index in [9.17, 15) is 4.79 Å². The predicted octanol–water partition coefficient (Wildman–Crippen LogP) is 1.99. The number of carbonyl (C=O) groups is 1. The van der Waals surface area contributed by atoms with Gasteiger partial charge in [-0.25, -0.2) is 4.79 Å². The van der Waals surface area contributed by atoms with Crippen LogP contribution in [0, 0.1) is 5.92 Å². The second-order valence-electron chi connectivity index (χ2n) is 6.84. The molecular weight excluding hydrogens is 322 g/mol. The van der Waals surface area contributed by atoms with Crippen molar-refractivity contribution < 1.29 is 19.0 Å². The molecule has 0 atom stereocenters. The van der Waals surface area contributed by atoms with E-state index < -0.39 is 0 Å². The van der Waals surface area contributed by atoms with Crippen molar-refractivity contribution in [1.82, 2.24) is 9.80 Å². The zero-order chi connectivity index (χ0) is 17.1. The topological polar surface area (TPSA) is 63.3 Å². The van der Waals surface area contributed by atoms with Gasteiger partial charge in [0.1, 0.15) is 0 Å². The van der Waals surface area contributed by atoms with E-state index >= 15 is 0 Å². The maximum Gasteiger partial charge on any atom is 0.321 e. The quantitative estimate of drug-likeness (QED) is 0.906. The Labute approximate surface area is 147 Å². The zero-order valence-electron chi connectivity index (χ0n) is 14.4. The third-order valence-electron chi connectivity index (χ3n) is 5.15. The summed E-state index contributed by atoms with van der Waals surface area (Å²) < 4.78 is 16.0. The fourth-order valence-electron chi connectivity index (χ4n) is 3.64. The van der Waals surface area contributed by atoms with Gasteiger partial charge in [-0.1, -0.05) is 0 Å². The van der Waals surface area contributed by atoms with Crippen molar-refractivity contribution in [3.8, 4) is 11.5 Å². The Bertz CT molecular complexity index is 610. The molecule has 0 aliphatic carbocycles. The lowest BCUT2D eigenvalue weighted by molar-refractivity contribution is 0.0260. The molecular formula is C18H25N3O4. The number of rotatable bonds is 3. The number of amides is 2. The van der Waals surface area contributed by atoms with Crippen LogP contribution >= 0.6 is 0 Å². The molecule has 0 unspecified atom stereocenters. The Balaban J connectivity index is 1.25. The van der Waals surface area contributed by atoms with Gasteiger partial charge in [-0.15, -0.1) is 0 Å². The lowest BCUT2D eigenvalue weighted by Crippen LogP contribution is -2.45. The first-order valence-corrected chi connectivity index (χ1v) is 9.03. The molecule has 0 saturated carbocycles. The largest absolute Gasteiger partial charge is 0.454 e. The van der Waals surface area contributed by atoms with Gasteiger partial charge in [0, 0.05) is 44.5 Å². The molecule has 0 bridgehead atoms. The predicted molar refractivity (Wildman–Crippen MR) is 93.1 cm³/mol. The van der Waals surface area contributed by atoms with Gasteiger partial charge in [0.15, 0.2) is 11.5 Å². The molecule has 2 amide bonds. The van der Waals surface area contributed by atoms with Crippen LogP contribution in [0.5, 0.6) is 11.5 Å². The minimum Gasteiger partial charge on any atom is -0.454 e. The van der Waals surface area contributed by atoms with Crippen LogP contribution in [0.3, 0.4) is 0 Å². The fourth-order valence-corrected chi connectivity index (χ4v) is 3.64. The number of likely N-dealkylation sites (tertiary alicyclic amines) is 1. The molecule has 7 heteroatoms. The molecule has 3 aliphatic rings. The van der Waals surface area contributed by atoms with E-state index in [-0.39, 0.29) is 12.8 Å². The number of fused-ring (bicyclic) bond motifs is 1. The molecule has 4 rings (SSSR count). The monoisotopic (exact) mass is 347 g/mol. The van der Waals surface area contributed by atoms with Crippen molar-refractivity contribution in [1.29, 1.82) is 0 Å². The molecule has 3 aliphatic heterocycles. The fraction of sp³-hybridized carbons (Fsp3) is 0.611. The average molecular weight is 347 g/mol. The van der Waals surface area contributed by atoms with E-state index in [0.29, 0.717) is 11.7 Å². The zero-order valence-corrected chi connectivity index (χ0v) is 14.4. The second kappa shape index (κ2) is 7.49. The summed E-state index contributed by atoms with van der Waals surface area (Å²) in [6.45, 7) is 6.74. The molecule has 2 saturated heterocycles. The van der Waals surface area contributed by atoms with Crippen LogP contribution in [-0.2, 0) is 4.74 Å². The van der Waals surface area contributed by atoms with E-state index in [0.717, 1.165) is 70.2 Å². The number of anilines is 1. The molecule has 25 heavy (non-hydrogen) atoms. The van der Waals surface area contributed by atoms with Crippen LogP contribution < -0.4 is 14.8 Å². The minimum atomic E-state index is -0.0383. The highest BCUT2D eigenvalue weighted by molar-refractivity contribution is 5.89. The maximum absolute atomic E-state index is 12.5. The normalized spacial score (nSPS) is 21.4. The third-order valence-corrected chi connectivity index (χ3v) is 5.15. The SMILES string of the molecule is O=C(Nc1ccc2c(c1)OCO2)N1CCC(CN2CCOCC2)CC1. The summed E-state index contributed by atoms with van der Waals surface area (Å²) in [4.78, 5) is 16.9. The first kappa shape index (κ1) is 16.5. The summed E-state index contributed by atoms with van der Waals surface area (Å²) in [5.41, 5.74) is 0.740. The van der Waals surface area contributed by atoms with Gasteiger partial charge in [-0.05, 0) is 30.9 Å². The molecule has 0 aromatic heterocycles. The van der Waals surface area contributed by atoms with E-state index in [1.165, 1.54) is 0 Å². The summed E-state index contributed by atoms with van der Waals surface area (Å²) in [6, 6.07) is 5.44. The number of benzene rings is 1. The second-order valence-corrected chi connectivity index (χ2v) is 6.84. The van der Waals surface area contributed by atoms with Crippen molar-refractivity contribution in [2.24, 2.45) is 5.92 Å². The van der Waals surface area contributed by atoms with Crippen molar-refractivity contribution in [2.75, 3.05) is 58.0 Å². The van der Waals surface area contributed by atoms with Crippen LogP contribution in [0.1, 0.15) is 12.8 Å². The number of piperidine rings is 1. The van der Waals surface area contributed by atoms with Gasteiger partial charge in [0.2, 0.25) is 6.79 Å². The van der Waals surface area contributed by atoms with Crippen molar-refractivity contribution in [3.63, 3.8) is 0 Å². The first-order valence-electron chi connectivity index (χ1n) is 9.03. The number of urea groups is 1. The highest BCUT2D eigenvalue weighted by Crippen LogP contribution is 2.34. The molecule has 136 valence electrons. The maximum atomic E-state index is 12.5. The van der Waals surface area contributed by atoms with Gasteiger partial charge in [0.25, 0.3) is 0 Å². The molecule has 7 nitrogen and oxygen atoms in total. The van der Waals surface area contributed by atoms with Crippen LogP contribution in [0.4, 0.5) is 10.5 Å². The Kier molecular flexibility index (Phi) is 4.94. The molecule has 0 radical (unpaired) electrons. The van der Waals surface area contributed by atoms with Gasteiger partial charge in [-0.2, -0.15) is 0 Å². The summed E-state index contributed by atoms with van der Waals surface area (Å²) in [7, 11) is 0. The number of morpholine rings is 1. The van der Waals surface area contributed by atoms with Crippen molar-refractivity contribution in [3.05, 3.63) is 18.2 Å². The van der Waals surface area contributed by atoms with E-state index in [1.807, 2.05) is 23.1 Å². The number of carbonyl (C=O) groups excluding carboxylic acids is 1. The van der Waals surface area contributed by atoms with E-state index in [2.05, 4.69) is 10.2 Å². The Morgan fingerprint density at radius 3 is 2.64 bits per heavy atom. The summed E-state index contributed by atoms with van der Waals surface area (Å²) >= 11 is 0. The molecule has 1 aromatic rings. The average Bonchev–Trinajstić information content (AvgIpc) is 3.11. The Morgan fingerprint density at radius 2 is 1.84 bits per heavy atom. The summed E-state index contributed by atoms with van der Waals surface area (Å²) in [5.74, 6) is 2.08. The first-order chi connectivity index (χ1) is 12.3. The van der Waals surface area contributed by atoms with Crippen molar-refractivity contribution >= 4 is 11.7 Å². The van der Waals surface area contributed by atoms with Crippen LogP contribution in [0.25, 0.3) is 0 Å². The van der Waals surface area contributed by atoms with Gasteiger partial charge in [0.05, 0.1) is 13.2 Å². The number of hydrogen-bond acceptors (Lipinski definition) is 5. The van der Waals surface area contributed by atoms with E-state index in [1.54, 1.807) is 0 Å². The molecule has 3 heterocycles. The molecule has 1 N–H and O–H groups in total. The number of ether oxygens (including phenoxy) is 3. The third kappa shape index (κ3) is 3.99. The van der Waals surface area contributed by atoms with Crippen LogP contribution in [-0.4, -0.2) is 68.6 Å². The number of hydrogen-bond donors (Lipinski definition) is 1. The van der Waals surface area contributed by atoms with Crippen molar-refractivity contribution in [2.45, 2.75) is 12.8 Å². The van der Waals surface area contributed by atoms with Crippen LogP contribution in [0.15, 0.2) is 18.2 Å². The summed E-state index contributed by atoms with van der Waals surface area (Å²) in [6.07, 6.45) is 2.12. The highest BCUT2D eigenvalue weighted by atomic mass is 16.7. The van der Waals surface area contributed by atoms with Gasteiger partial charge in [-0.3, -0.25) is 4.90 Å². The molecule has 2 fully saturated rings. The molecule has 0 spiro atoms. The lowest BCUT2D eigenvalue weighted by atomic mass is 9.96. The standard InChI is InChI=1S/C18H25N3O4/c22-18(19-15-1-2-16-17(11-15)25-13-24-16)21-5-3-14(4-6-21)12-20-7-9-23-10-8-20/h1-2,11,14H,3-10,12-13H2,(H,19,22). The minimum absolute atomic E-state index is 0.0383. The van der Waals surface area contributed by atoms with Crippen LogP contribution in [0.2, 0.25) is 0 Å². The molecule has 1 aromatic carbocycles. The smallest absolute Gasteiger partial charge is 0.321 e. The Morgan fingerprint density at radius 1 is 1.08 bits per heavy atom. The van der Waals surface area contributed by atoms with E-state index in [4.69, 9.17) is 14.2 Å². The highest BCUT2D eigenvalue weighted by Gasteiger charge is 2.25. The Hall–Kier alpha value is -1.99. The lowest BCUT2D eigenvalue weighted by Gasteiger charge is -2.36. The van der Waals surface area contributed by atoms with Gasteiger partial charge < -0.3 is 24.4 Å². The summed E-state index contributed by atoms with van der Waals surface area (Å²) in [5, 5.41) is 2.96.